The van der Waals surface area contributed by atoms with Gasteiger partial charge in [-0.1, -0.05) is 301 Å². The zero-order valence-corrected chi connectivity index (χ0v) is 52.5. The molecule has 0 spiro atoms. The van der Waals surface area contributed by atoms with E-state index in [0.29, 0.717) is 19.3 Å². The molecule has 6 nitrogen and oxygen atoms in total. The van der Waals surface area contributed by atoms with Gasteiger partial charge >= 0.3 is 17.9 Å². The zero-order chi connectivity index (χ0) is 56.4. The summed E-state index contributed by atoms with van der Waals surface area (Å²) in [6.45, 7) is 6.66. The molecule has 0 aromatic heterocycles. The van der Waals surface area contributed by atoms with E-state index >= 15 is 0 Å². The molecule has 0 amide bonds. The fourth-order valence-corrected chi connectivity index (χ4v) is 10.3. The SMILES string of the molecule is CCCCCCC/C=C\C/C=C\CCCCCCCCCCCCCCCCCCCC(=O)OCC(COC(=O)CCCCCCC/C=C\CCCCCCCC)OC(=O)CCCCCCC/C=C\CCCCCCCCC. The Balaban J connectivity index is 4.22. The Morgan fingerprint density at radius 1 is 0.256 bits per heavy atom. The minimum absolute atomic E-state index is 0.0754. The third-order valence-electron chi connectivity index (χ3n) is 15.5. The number of hydrogen-bond donors (Lipinski definition) is 0. The van der Waals surface area contributed by atoms with Crippen LogP contribution in [-0.2, 0) is 28.6 Å². The summed E-state index contributed by atoms with van der Waals surface area (Å²) in [5.41, 5.74) is 0. The second kappa shape index (κ2) is 66.9. The molecule has 0 rings (SSSR count). The monoisotopic (exact) mass is 1090 g/mol. The summed E-state index contributed by atoms with van der Waals surface area (Å²) in [6, 6.07) is 0. The number of allylic oxidation sites excluding steroid dienone is 8. The van der Waals surface area contributed by atoms with E-state index in [1.165, 1.54) is 257 Å². The molecule has 0 fully saturated rings. The summed E-state index contributed by atoms with van der Waals surface area (Å²) in [6.07, 6.45) is 84.2. The lowest BCUT2D eigenvalue weighted by Crippen LogP contribution is -2.30. The topological polar surface area (TPSA) is 78.9 Å². The number of unbranched alkanes of at least 4 members (excludes halogenated alkanes) is 45. The molecule has 0 bridgehead atoms. The van der Waals surface area contributed by atoms with Crippen molar-refractivity contribution in [1.82, 2.24) is 0 Å². The zero-order valence-electron chi connectivity index (χ0n) is 52.5. The minimum Gasteiger partial charge on any atom is -0.462 e. The molecule has 0 aromatic rings. The van der Waals surface area contributed by atoms with Crippen molar-refractivity contribution in [3.63, 3.8) is 0 Å². The molecule has 0 aliphatic rings. The fraction of sp³-hybridized carbons (Fsp3) is 0.847. The van der Waals surface area contributed by atoms with Crippen molar-refractivity contribution in [2.75, 3.05) is 13.2 Å². The highest BCUT2D eigenvalue weighted by molar-refractivity contribution is 5.71. The molecule has 0 aromatic carbocycles. The van der Waals surface area contributed by atoms with Gasteiger partial charge < -0.3 is 14.2 Å². The first-order chi connectivity index (χ1) is 38.5. The van der Waals surface area contributed by atoms with Gasteiger partial charge in [-0.2, -0.15) is 0 Å². The lowest BCUT2D eigenvalue weighted by atomic mass is 10.0. The molecular weight excluding hydrogens is 961 g/mol. The molecule has 0 radical (unpaired) electrons. The van der Waals surface area contributed by atoms with Gasteiger partial charge in [-0.05, 0) is 103 Å². The number of esters is 3. The second-order valence-electron chi connectivity index (χ2n) is 23.4. The van der Waals surface area contributed by atoms with Gasteiger partial charge in [0.25, 0.3) is 0 Å². The van der Waals surface area contributed by atoms with Crippen LogP contribution in [0.4, 0.5) is 0 Å². The predicted octanol–water partition coefficient (Wildman–Crippen LogP) is 23.7. The van der Waals surface area contributed by atoms with Crippen molar-refractivity contribution in [2.45, 2.75) is 380 Å². The van der Waals surface area contributed by atoms with Gasteiger partial charge in [-0.3, -0.25) is 14.4 Å². The third-order valence-corrected chi connectivity index (χ3v) is 15.5. The highest BCUT2D eigenvalue weighted by Gasteiger charge is 2.19. The van der Waals surface area contributed by atoms with Crippen LogP contribution in [-0.4, -0.2) is 37.2 Å². The fourth-order valence-electron chi connectivity index (χ4n) is 10.3. The van der Waals surface area contributed by atoms with Crippen molar-refractivity contribution >= 4 is 17.9 Å². The molecule has 1 atom stereocenters. The normalized spacial score (nSPS) is 12.3. The number of ether oxygens (including phenoxy) is 3. The van der Waals surface area contributed by atoms with Gasteiger partial charge in [0, 0.05) is 19.3 Å². The summed E-state index contributed by atoms with van der Waals surface area (Å²) in [5, 5.41) is 0. The van der Waals surface area contributed by atoms with Crippen LogP contribution in [0.25, 0.3) is 0 Å². The van der Waals surface area contributed by atoms with E-state index in [4.69, 9.17) is 14.2 Å². The minimum atomic E-state index is -0.780. The van der Waals surface area contributed by atoms with E-state index in [0.717, 1.165) is 77.0 Å². The number of rotatable bonds is 64. The van der Waals surface area contributed by atoms with Crippen LogP contribution < -0.4 is 0 Å². The Labute approximate surface area is 486 Å². The van der Waals surface area contributed by atoms with E-state index in [1.54, 1.807) is 0 Å². The molecular formula is C72H132O6. The van der Waals surface area contributed by atoms with Crippen LogP contribution in [0.1, 0.15) is 374 Å². The maximum atomic E-state index is 12.9. The highest BCUT2D eigenvalue weighted by Crippen LogP contribution is 2.17. The van der Waals surface area contributed by atoms with Crippen LogP contribution in [0.2, 0.25) is 0 Å². The molecule has 0 saturated carbocycles. The quantitative estimate of drug-likeness (QED) is 0.0261. The van der Waals surface area contributed by atoms with Crippen molar-refractivity contribution in [3.05, 3.63) is 48.6 Å². The van der Waals surface area contributed by atoms with Gasteiger partial charge in [0.05, 0.1) is 0 Å². The van der Waals surface area contributed by atoms with Gasteiger partial charge in [-0.25, -0.2) is 0 Å². The smallest absolute Gasteiger partial charge is 0.306 e. The molecule has 0 heterocycles. The van der Waals surface area contributed by atoms with E-state index < -0.39 is 6.10 Å². The lowest BCUT2D eigenvalue weighted by molar-refractivity contribution is -0.167. The maximum Gasteiger partial charge on any atom is 0.306 e. The molecule has 78 heavy (non-hydrogen) atoms. The number of carbonyl (C=O) groups is 3. The molecule has 0 aliphatic carbocycles. The molecule has 6 heteroatoms. The summed E-state index contributed by atoms with van der Waals surface area (Å²) in [7, 11) is 0. The van der Waals surface area contributed by atoms with Gasteiger partial charge in [-0.15, -0.1) is 0 Å². The maximum absolute atomic E-state index is 12.9. The molecule has 1 unspecified atom stereocenters. The Bertz CT molecular complexity index is 1350. The first-order valence-electron chi connectivity index (χ1n) is 34.6. The summed E-state index contributed by atoms with van der Waals surface area (Å²) >= 11 is 0. The Morgan fingerprint density at radius 2 is 0.462 bits per heavy atom. The van der Waals surface area contributed by atoms with E-state index in [1.807, 2.05) is 0 Å². The van der Waals surface area contributed by atoms with Crippen LogP contribution in [0, 0.1) is 0 Å². The first-order valence-corrected chi connectivity index (χ1v) is 34.6. The average Bonchev–Trinajstić information content (AvgIpc) is 3.44. The largest absolute Gasteiger partial charge is 0.462 e. The number of hydrogen-bond acceptors (Lipinski definition) is 6. The molecule has 0 saturated heterocycles. The van der Waals surface area contributed by atoms with E-state index in [9.17, 15) is 14.4 Å². The Morgan fingerprint density at radius 3 is 0.718 bits per heavy atom. The van der Waals surface area contributed by atoms with Crippen molar-refractivity contribution in [3.8, 4) is 0 Å². The summed E-state index contributed by atoms with van der Waals surface area (Å²) < 4.78 is 17.0. The lowest BCUT2D eigenvalue weighted by Gasteiger charge is -2.18. The third kappa shape index (κ3) is 64.2. The molecule has 456 valence electrons. The molecule has 0 N–H and O–H groups in total. The van der Waals surface area contributed by atoms with Crippen molar-refractivity contribution in [2.24, 2.45) is 0 Å². The number of carbonyl (C=O) groups excluding carboxylic acids is 3. The van der Waals surface area contributed by atoms with Gasteiger partial charge in [0.1, 0.15) is 13.2 Å². The highest BCUT2D eigenvalue weighted by atomic mass is 16.6. The Hall–Kier alpha value is -2.63. The van der Waals surface area contributed by atoms with E-state index in [-0.39, 0.29) is 31.1 Å². The summed E-state index contributed by atoms with van der Waals surface area (Å²) in [5.74, 6) is -0.869. The van der Waals surface area contributed by atoms with Crippen molar-refractivity contribution in [1.29, 1.82) is 0 Å². The predicted molar refractivity (Wildman–Crippen MR) is 339 cm³/mol. The van der Waals surface area contributed by atoms with Gasteiger partial charge in [0.15, 0.2) is 6.10 Å². The summed E-state index contributed by atoms with van der Waals surface area (Å²) in [4.78, 5) is 38.4. The second-order valence-corrected chi connectivity index (χ2v) is 23.4. The first kappa shape index (κ1) is 75.4. The van der Waals surface area contributed by atoms with E-state index in [2.05, 4.69) is 69.4 Å². The Kier molecular flexibility index (Phi) is 64.6. The van der Waals surface area contributed by atoms with Crippen LogP contribution in [0.5, 0.6) is 0 Å². The molecule has 0 aliphatic heterocycles. The van der Waals surface area contributed by atoms with Crippen molar-refractivity contribution < 1.29 is 28.6 Å². The van der Waals surface area contributed by atoms with Crippen LogP contribution in [0.15, 0.2) is 48.6 Å². The van der Waals surface area contributed by atoms with Gasteiger partial charge in [0.2, 0.25) is 0 Å². The van der Waals surface area contributed by atoms with Crippen LogP contribution in [0.3, 0.4) is 0 Å². The van der Waals surface area contributed by atoms with Crippen LogP contribution >= 0.6 is 0 Å². The average molecular weight is 1090 g/mol. The standard InChI is InChI=1S/C72H132O6/c1-4-7-10-13-16-19-22-25-28-30-31-32-33-34-35-36-37-38-39-40-41-42-45-47-50-53-56-59-62-65-71(74)77-68-69(67-76-70(73)64-61-58-55-52-49-46-43-27-24-21-18-15-12-9-6-3)78-72(75)66-63-60-57-54-51-48-44-29-26-23-20-17-14-11-8-5-2/h22,25,27,29-31,43-44,69H,4-21,23-24,26,28,32-42,45-68H2,1-3H3/b25-22-,31-30-,43-27-,44-29-.